The minimum Gasteiger partial charge on any atom is -0.332 e. The molecule has 0 aliphatic carbocycles. The molecule has 0 saturated carbocycles. The third kappa shape index (κ3) is 2.09. The highest BCUT2D eigenvalue weighted by Gasteiger charge is 2.64. The van der Waals surface area contributed by atoms with E-state index >= 15 is 0 Å². The Hall–Kier alpha value is -1.18. The SMILES string of the molecule is O=C(N1CCc2sccc2C1)C(F)(F)C(F)(F)F. The second-order valence-electron chi connectivity index (χ2n) is 3.92. The molecule has 1 aromatic heterocycles. The second-order valence-corrected chi connectivity index (χ2v) is 4.92. The zero-order valence-electron chi connectivity index (χ0n) is 8.93. The van der Waals surface area contributed by atoms with Crippen LogP contribution in [0.3, 0.4) is 0 Å². The first-order chi connectivity index (χ1) is 8.23. The number of rotatable bonds is 1. The van der Waals surface area contributed by atoms with E-state index in [2.05, 4.69) is 0 Å². The van der Waals surface area contributed by atoms with Gasteiger partial charge in [-0.1, -0.05) is 0 Å². The Morgan fingerprint density at radius 3 is 2.56 bits per heavy atom. The van der Waals surface area contributed by atoms with Gasteiger partial charge in [0.1, 0.15) is 0 Å². The van der Waals surface area contributed by atoms with Gasteiger partial charge in [-0.05, 0) is 23.4 Å². The van der Waals surface area contributed by atoms with Gasteiger partial charge in [-0.25, -0.2) is 0 Å². The second kappa shape index (κ2) is 4.18. The molecule has 0 atom stereocenters. The Kier molecular flexibility index (Phi) is 3.08. The van der Waals surface area contributed by atoms with Crippen LogP contribution in [0.5, 0.6) is 0 Å². The van der Waals surface area contributed by atoms with E-state index in [4.69, 9.17) is 0 Å². The van der Waals surface area contributed by atoms with Crippen LogP contribution in [0.15, 0.2) is 11.4 Å². The molecule has 2 rings (SSSR count). The molecule has 0 fully saturated rings. The first kappa shape index (κ1) is 13.3. The number of thiophene rings is 1. The number of amides is 1. The molecule has 2 heterocycles. The van der Waals surface area contributed by atoms with Gasteiger partial charge in [-0.15, -0.1) is 11.3 Å². The number of hydrogen-bond donors (Lipinski definition) is 0. The summed E-state index contributed by atoms with van der Waals surface area (Å²) in [5.74, 6) is -7.49. The van der Waals surface area contributed by atoms with Crippen molar-refractivity contribution in [2.24, 2.45) is 0 Å². The van der Waals surface area contributed by atoms with Gasteiger partial charge in [0.15, 0.2) is 0 Å². The molecule has 18 heavy (non-hydrogen) atoms. The lowest BCUT2D eigenvalue weighted by Crippen LogP contribution is -2.53. The maximum absolute atomic E-state index is 12.9. The largest absolute Gasteiger partial charge is 0.463 e. The standard InChI is InChI=1S/C10H8F5NOS/c11-9(12,10(13,14)15)8(17)16-3-1-7-6(5-16)2-4-18-7/h2,4H,1,3,5H2. The first-order valence-corrected chi connectivity index (χ1v) is 5.90. The number of fused-ring (bicyclic) bond motifs is 1. The molecular formula is C10H8F5NOS. The third-order valence-corrected chi connectivity index (χ3v) is 3.74. The van der Waals surface area contributed by atoms with Gasteiger partial charge in [0.25, 0.3) is 0 Å². The molecule has 0 unspecified atom stereocenters. The van der Waals surface area contributed by atoms with E-state index in [1.807, 2.05) is 0 Å². The zero-order valence-corrected chi connectivity index (χ0v) is 9.75. The molecule has 0 bridgehead atoms. The van der Waals surface area contributed by atoms with Crippen molar-refractivity contribution in [3.8, 4) is 0 Å². The van der Waals surface area contributed by atoms with Crippen LogP contribution in [0, 0.1) is 0 Å². The summed E-state index contributed by atoms with van der Waals surface area (Å²) in [6.07, 6.45) is -5.54. The maximum Gasteiger partial charge on any atom is 0.463 e. The molecule has 0 spiro atoms. The topological polar surface area (TPSA) is 20.3 Å². The van der Waals surface area contributed by atoms with Crippen LogP contribution in [0.2, 0.25) is 0 Å². The number of carbonyl (C=O) groups excluding carboxylic acids is 1. The summed E-state index contributed by atoms with van der Waals surface area (Å²) in [6, 6.07) is 1.63. The smallest absolute Gasteiger partial charge is 0.332 e. The van der Waals surface area contributed by atoms with Crippen LogP contribution in [0.4, 0.5) is 22.0 Å². The molecular weight excluding hydrogens is 277 g/mol. The Morgan fingerprint density at radius 1 is 1.28 bits per heavy atom. The van der Waals surface area contributed by atoms with Crippen LogP contribution in [0.25, 0.3) is 0 Å². The van der Waals surface area contributed by atoms with Gasteiger partial charge in [0.05, 0.1) is 0 Å². The highest BCUT2D eigenvalue weighted by Crippen LogP contribution is 2.38. The van der Waals surface area contributed by atoms with Gasteiger partial charge in [0, 0.05) is 18.0 Å². The van der Waals surface area contributed by atoms with E-state index in [0.29, 0.717) is 16.9 Å². The van der Waals surface area contributed by atoms with Crippen molar-refractivity contribution in [2.45, 2.75) is 25.1 Å². The summed E-state index contributed by atoms with van der Waals surface area (Å²) < 4.78 is 62.0. The van der Waals surface area contributed by atoms with Crippen molar-refractivity contribution in [1.82, 2.24) is 4.90 Å². The Bertz CT molecular complexity index is 467. The minimum atomic E-state index is -5.85. The van der Waals surface area contributed by atoms with Gasteiger partial charge in [-0.2, -0.15) is 22.0 Å². The molecule has 1 aromatic rings. The quantitative estimate of drug-likeness (QED) is 0.727. The lowest BCUT2D eigenvalue weighted by Gasteiger charge is -2.30. The fourth-order valence-electron chi connectivity index (χ4n) is 1.74. The van der Waals surface area contributed by atoms with E-state index in [-0.39, 0.29) is 13.1 Å². The molecule has 1 amide bonds. The average molecular weight is 285 g/mol. The summed E-state index contributed by atoms with van der Waals surface area (Å²) >= 11 is 1.40. The van der Waals surface area contributed by atoms with E-state index < -0.39 is 18.0 Å². The Labute approximate surface area is 103 Å². The van der Waals surface area contributed by atoms with E-state index in [0.717, 1.165) is 4.88 Å². The Morgan fingerprint density at radius 2 is 1.94 bits per heavy atom. The number of halogens is 5. The molecule has 1 aliphatic heterocycles. The maximum atomic E-state index is 12.9. The van der Waals surface area contributed by atoms with Crippen LogP contribution in [0.1, 0.15) is 10.4 Å². The highest BCUT2D eigenvalue weighted by atomic mass is 32.1. The predicted octanol–water partition coefficient (Wildman–Crippen LogP) is 2.83. The van der Waals surface area contributed by atoms with E-state index in [1.165, 1.54) is 11.3 Å². The average Bonchev–Trinajstić information content (AvgIpc) is 2.73. The molecule has 0 radical (unpaired) electrons. The molecule has 1 aliphatic rings. The van der Waals surface area contributed by atoms with Crippen molar-refractivity contribution in [3.63, 3.8) is 0 Å². The fraction of sp³-hybridized carbons (Fsp3) is 0.500. The molecule has 100 valence electrons. The van der Waals surface area contributed by atoms with Crippen molar-refractivity contribution in [1.29, 1.82) is 0 Å². The van der Waals surface area contributed by atoms with Crippen LogP contribution >= 0.6 is 11.3 Å². The van der Waals surface area contributed by atoms with Crippen molar-refractivity contribution in [2.75, 3.05) is 6.54 Å². The van der Waals surface area contributed by atoms with Crippen LogP contribution in [-0.4, -0.2) is 29.5 Å². The van der Waals surface area contributed by atoms with Crippen molar-refractivity contribution in [3.05, 3.63) is 21.9 Å². The third-order valence-electron chi connectivity index (χ3n) is 2.72. The lowest BCUT2D eigenvalue weighted by molar-refractivity contribution is -0.274. The summed E-state index contributed by atoms with van der Waals surface area (Å²) in [6.45, 7) is -0.304. The van der Waals surface area contributed by atoms with Crippen LogP contribution < -0.4 is 0 Å². The van der Waals surface area contributed by atoms with E-state index in [9.17, 15) is 26.7 Å². The zero-order chi connectivity index (χ0) is 13.6. The van der Waals surface area contributed by atoms with Gasteiger partial charge in [0.2, 0.25) is 0 Å². The summed E-state index contributed by atoms with van der Waals surface area (Å²) in [7, 11) is 0. The predicted molar refractivity (Wildman–Crippen MR) is 54.4 cm³/mol. The highest BCUT2D eigenvalue weighted by molar-refractivity contribution is 7.10. The molecule has 8 heteroatoms. The Balaban J connectivity index is 2.17. The van der Waals surface area contributed by atoms with Gasteiger partial charge < -0.3 is 4.90 Å². The minimum absolute atomic E-state index is 0.113. The van der Waals surface area contributed by atoms with Gasteiger partial charge in [-0.3, -0.25) is 4.79 Å². The summed E-state index contributed by atoms with van der Waals surface area (Å²) in [5.41, 5.74) is 0.637. The van der Waals surface area contributed by atoms with Crippen LogP contribution in [-0.2, 0) is 17.8 Å². The number of alkyl halides is 5. The summed E-state index contributed by atoms with van der Waals surface area (Å²) in [4.78, 5) is 12.7. The number of carbonyl (C=O) groups is 1. The normalized spacial score (nSPS) is 16.6. The van der Waals surface area contributed by atoms with Crippen molar-refractivity contribution >= 4 is 17.2 Å². The van der Waals surface area contributed by atoms with Crippen molar-refractivity contribution < 1.29 is 26.7 Å². The summed E-state index contributed by atoms with van der Waals surface area (Å²) in [5, 5.41) is 1.72. The molecule has 0 aromatic carbocycles. The first-order valence-electron chi connectivity index (χ1n) is 5.02. The molecule has 0 N–H and O–H groups in total. The fourth-order valence-corrected chi connectivity index (χ4v) is 2.63. The number of hydrogen-bond acceptors (Lipinski definition) is 2. The molecule has 0 saturated heterocycles. The number of nitrogens with zero attached hydrogens (tertiary/aromatic N) is 1. The van der Waals surface area contributed by atoms with E-state index in [1.54, 1.807) is 11.4 Å². The molecule has 2 nitrogen and oxygen atoms in total. The van der Waals surface area contributed by atoms with Gasteiger partial charge >= 0.3 is 18.0 Å². The lowest BCUT2D eigenvalue weighted by atomic mass is 10.1. The monoisotopic (exact) mass is 285 g/mol.